The smallest absolute Gasteiger partial charge is 0.127 e. The molecule has 0 radical (unpaired) electrons. The van der Waals surface area contributed by atoms with Crippen molar-refractivity contribution in [1.82, 2.24) is 0 Å². The van der Waals surface area contributed by atoms with Crippen LogP contribution in [0.5, 0.6) is 11.5 Å². The Hall–Kier alpha value is -1.44. The molecule has 0 unspecified atom stereocenters. The fourth-order valence-corrected chi connectivity index (χ4v) is 2.83. The van der Waals surface area contributed by atoms with Crippen LogP contribution in [-0.4, -0.2) is 12.2 Å². The second-order valence-electron chi connectivity index (χ2n) is 7.46. The maximum Gasteiger partial charge on any atom is 0.127 e. The zero-order chi connectivity index (χ0) is 16.2. The van der Waals surface area contributed by atoms with Crippen molar-refractivity contribution < 1.29 is 9.47 Å². The molecule has 0 saturated heterocycles. The molecule has 0 atom stereocenters. The Bertz CT molecular complexity index is 527. The van der Waals surface area contributed by atoms with Crippen molar-refractivity contribution in [3.05, 3.63) is 35.4 Å². The number of hydrogen-bond donors (Lipinski definition) is 0. The van der Waals surface area contributed by atoms with Gasteiger partial charge < -0.3 is 9.47 Å². The molecule has 0 spiro atoms. The molecule has 2 heteroatoms. The van der Waals surface area contributed by atoms with E-state index in [1.165, 1.54) is 30.4 Å². The van der Waals surface area contributed by atoms with Crippen LogP contribution >= 0.6 is 0 Å². The second-order valence-corrected chi connectivity index (χ2v) is 7.46. The molecule has 0 bridgehead atoms. The summed E-state index contributed by atoms with van der Waals surface area (Å²) in [7, 11) is 0. The number of ether oxygens (including phenoxy) is 2. The van der Waals surface area contributed by atoms with Crippen LogP contribution in [0.1, 0.15) is 59.4 Å². The first-order valence-electron chi connectivity index (χ1n) is 8.46. The molecule has 0 saturated carbocycles. The highest BCUT2D eigenvalue weighted by atomic mass is 16.5. The summed E-state index contributed by atoms with van der Waals surface area (Å²) in [6.45, 7) is 11.6. The van der Waals surface area contributed by atoms with E-state index in [-0.39, 0.29) is 5.60 Å². The molecule has 1 aliphatic heterocycles. The van der Waals surface area contributed by atoms with Crippen LogP contribution in [0.15, 0.2) is 29.8 Å². The molecule has 0 aliphatic carbocycles. The second kappa shape index (κ2) is 7.21. The van der Waals surface area contributed by atoms with Crippen LogP contribution in [0.2, 0.25) is 0 Å². The van der Waals surface area contributed by atoms with E-state index >= 15 is 0 Å². The molecule has 122 valence electrons. The maximum atomic E-state index is 5.94. The molecule has 0 aromatic heterocycles. The molecule has 0 N–H and O–H groups in total. The molecule has 0 fully saturated rings. The first-order chi connectivity index (χ1) is 10.4. The monoisotopic (exact) mass is 302 g/mol. The van der Waals surface area contributed by atoms with Crippen LogP contribution in [0.3, 0.4) is 0 Å². The summed E-state index contributed by atoms with van der Waals surface area (Å²) in [5.74, 6) is 2.66. The normalized spacial score (nSPS) is 16.5. The Morgan fingerprint density at radius 2 is 2.14 bits per heavy atom. The van der Waals surface area contributed by atoms with Gasteiger partial charge >= 0.3 is 0 Å². The Kier molecular flexibility index (Phi) is 5.55. The highest BCUT2D eigenvalue weighted by Crippen LogP contribution is 2.37. The number of benzene rings is 1. The van der Waals surface area contributed by atoms with Gasteiger partial charge in [-0.25, -0.2) is 0 Å². The van der Waals surface area contributed by atoms with Gasteiger partial charge in [-0.3, -0.25) is 0 Å². The summed E-state index contributed by atoms with van der Waals surface area (Å²) in [5.41, 5.74) is 2.60. The van der Waals surface area contributed by atoms with Gasteiger partial charge in [0.15, 0.2) is 0 Å². The van der Waals surface area contributed by atoms with Gasteiger partial charge in [-0.15, -0.1) is 0 Å². The first kappa shape index (κ1) is 16.9. The van der Waals surface area contributed by atoms with Gasteiger partial charge in [-0.2, -0.15) is 0 Å². The van der Waals surface area contributed by atoms with Crippen molar-refractivity contribution >= 4 is 0 Å². The Morgan fingerprint density at radius 3 is 2.86 bits per heavy atom. The van der Waals surface area contributed by atoms with Gasteiger partial charge in [-0.05, 0) is 57.2 Å². The zero-order valence-electron chi connectivity index (χ0n) is 14.7. The highest BCUT2D eigenvalue weighted by molar-refractivity contribution is 5.44. The van der Waals surface area contributed by atoms with E-state index in [9.17, 15) is 0 Å². The van der Waals surface area contributed by atoms with Crippen molar-refractivity contribution in [2.75, 3.05) is 6.61 Å². The Morgan fingerprint density at radius 1 is 1.36 bits per heavy atom. The summed E-state index contributed by atoms with van der Waals surface area (Å²) >= 11 is 0. The van der Waals surface area contributed by atoms with E-state index in [2.05, 4.69) is 46.8 Å². The summed E-state index contributed by atoms with van der Waals surface area (Å²) in [5, 5.41) is 0. The molecular weight excluding hydrogens is 272 g/mol. The lowest BCUT2D eigenvalue weighted by Gasteiger charge is -2.16. The summed E-state index contributed by atoms with van der Waals surface area (Å²) in [4.78, 5) is 0. The predicted molar refractivity (Wildman–Crippen MR) is 92.8 cm³/mol. The fourth-order valence-electron chi connectivity index (χ4n) is 2.83. The van der Waals surface area contributed by atoms with Gasteiger partial charge in [0.1, 0.15) is 23.7 Å². The zero-order valence-corrected chi connectivity index (χ0v) is 14.7. The van der Waals surface area contributed by atoms with Gasteiger partial charge in [0.25, 0.3) is 0 Å². The largest absolute Gasteiger partial charge is 0.489 e. The van der Waals surface area contributed by atoms with Crippen molar-refractivity contribution in [3.63, 3.8) is 0 Å². The van der Waals surface area contributed by atoms with Crippen molar-refractivity contribution in [3.8, 4) is 11.5 Å². The number of allylic oxidation sites excluding steroid dienone is 1. The lowest BCUT2D eigenvalue weighted by molar-refractivity contribution is 0.138. The number of rotatable bonds is 7. The molecule has 1 aromatic rings. The summed E-state index contributed by atoms with van der Waals surface area (Å²) in [6, 6.07) is 6.19. The minimum atomic E-state index is -0.0894. The van der Waals surface area contributed by atoms with E-state index in [1.807, 2.05) is 12.1 Å². The van der Waals surface area contributed by atoms with Crippen molar-refractivity contribution in [2.24, 2.45) is 5.92 Å². The topological polar surface area (TPSA) is 18.5 Å². The van der Waals surface area contributed by atoms with Gasteiger partial charge in [0.2, 0.25) is 0 Å². The quantitative estimate of drug-likeness (QED) is 0.615. The van der Waals surface area contributed by atoms with E-state index in [4.69, 9.17) is 9.47 Å². The molecule has 0 amide bonds. The van der Waals surface area contributed by atoms with Gasteiger partial charge in [0.05, 0.1) is 0 Å². The molecule has 2 rings (SSSR count). The third-order valence-electron chi connectivity index (χ3n) is 4.08. The van der Waals surface area contributed by atoms with E-state index in [0.717, 1.165) is 23.8 Å². The van der Waals surface area contributed by atoms with Gasteiger partial charge in [0, 0.05) is 12.5 Å². The van der Waals surface area contributed by atoms with Gasteiger partial charge in [-0.1, -0.05) is 31.9 Å². The maximum absolute atomic E-state index is 5.94. The lowest BCUT2D eigenvalue weighted by Crippen LogP contribution is -2.24. The standard InChI is InChI=1S/C20H30O2/c1-15(2)7-6-8-16(3)11-12-21-18-10-9-17-14-20(4,5)22-19(17)13-18/h9-11,13,15H,6-8,12,14H2,1-5H3/b16-11+. The fraction of sp³-hybridized carbons (Fsp3) is 0.600. The highest BCUT2D eigenvalue weighted by Gasteiger charge is 2.29. The molecule has 22 heavy (non-hydrogen) atoms. The number of fused-ring (bicyclic) bond motifs is 1. The lowest BCUT2D eigenvalue weighted by atomic mass is 10.0. The molecule has 1 aromatic carbocycles. The van der Waals surface area contributed by atoms with Crippen LogP contribution in [0, 0.1) is 5.92 Å². The van der Waals surface area contributed by atoms with Crippen molar-refractivity contribution in [1.29, 1.82) is 0 Å². The first-order valence-corrected chi connectivity index (χ1v) is 8.46. The molecule has 1 heterocycles. The molecular formula is C20H30O2. The SMILES string of the molecule is C/C(=C\COc1ccc2c(c1)OC(C)(C)C2)CCCC(C)C. The third-order valence-corrected chi connectivity index (χ3v) is 4.08. The van der Waals surface area contributed by atoms with E-state index in [1.54, 1.807) is 0 Å². The molecule has 2 nitrogen and oxygen atoms in total. The van der Waals surface area contributed by atoms with Crippen LogP contribution in [-0.2, 0) is 6.42 Å². The van der Waals surface area contributed by atoms with Crippen LogP contribution < -0.4 is 9.47 Å². The van der Waals surface area contributed by atoms with Crippen LogP contribution in [0.4, 0.5) is 0 Å². The minimum Gasteiger partial charge on any atom is -0.489 e. The summed E-state index contributed by atoms with van der Waals surface area (Å²) in [6.07, 6.45) is 6.89. The predicted octanol–water partition coefficient (Wildman–Crippen LogP) is 5.55. The third kappa shape index (κ3) is 5.08. The minimum absolute atomic E-state index is 0.0894. The summed E-state index contributed by atoms with van der Waals surface area (Å²) < 4.78 is 11.8. The van der Waals surface area contributed by atoms with Crippen molar-refractivity contribution in [2.45, 2.75) is 65.9 Å². The van der Waals surface area contributed by atoms with E-state index < -0.39 is 0 Å². The number of hydrogen-bond acceptors (Lipinski definition) is 2. The average molecular weight is 302 g/mol. The Balaban J connectivity index is 1.81. The molecule has 1 aliphatic rings. The Labute approximate surface area is 135 Å². The average Bonchev–Trinajstić information content (AvgIpc) is 2.71. The van der Waals surface area contributed by atoms with Crippen LogP contribution in [0.25, 0.3) is 0 Å². The van der Waals surface area contributed by atoms with E-state index in [0.29, 0.717) is 6.61 Å².